The van der Waals surface area contributed by atoms with Crippen LogP contribution >= 0.6 is 15.8 Å². The maximum Gasteiger partial charge on any atom is 0.261 e. The standard InChI is InChI=1S/C39H32OP2.CH4O3S/c1-39(2)33-25-15-27-35(41(29-17-7-3-8-18-29)30-19-9-4-10-20-30)37(33)40-38-34(39)26-16-28-36(38)42(31-21-11-5-12-22-31)32-23-13-6-14-24-32;1-5(2,3)4/h3-28H,1-2H3;1H3,(H,2,3,4). The number of para-hydroxylation sites is 2. The van der Waals surface area contributed by atoms with E-state index in [0.29, 0.717) is 6.26 Å². The minimum atomic E-state index is -3.67. The van der Waals surface area contributed by atoms with E-state index in [1.54, 1.807) is 0 Å². The fourth-order valence-corrected chi connectivity index (χ4v) is 10.8. The first-order valence-electron chi connectivity index (χ1n) is 15.3. The van der Waals surface area contributed by atoms with E-state index in [0.717, 1.165) is 11.5 Å². The molecule has 0 atom stereocenters. The van der Waals surface area contributed by atoms with Crippen LogP contribution in [0.3, 0.4) is 0 Å². The summed E-state index contributed by atoms with van der Waals surface area (Å²) in [5.41, 5.74) is 2.26. The molecule has 0 saturated carbocycles. The topological polar surface area (TPSA) is 63.6 Å². The molecule has 6 aromatic carbocycles. The van der Waals surface area contributed by atoms with Crippen molar-refractivity contribution >= 4 is 57.8 Å². The molecular formula is C40H36O4P2S. The van der Waals surface area contributed by atoms with E-state index >= 15 is 0 Å². The molecule has 236 valence electrons. The number of hydrogen-bond donors (Lipinski definition) is 1. The van der Waals surface area contributed by atoms with Gasteiger partial charge in [-0.3, -0.25) is 4.55 Å². The van der Waals surface area contributed by atoms with Crippen molar-refractivity contribution in [1.29, 1.82) is 0 Å². The van der Waals surface area contributed by atoms with E-state index in [1.165, 1.54) is 43.0 Å². The van der Waals surface area contributed by atoms with Crippen LogP contribution < -0.4 is 36.6 Å². The second-order valence-electron chi connectivity index (χ2n) is 11.8. The summed E-state index contributed by atoms with van der Waals surface area (Å²) in [6.07, 6.45) is 0.715. The zero-order chi connectivity index (χ0) is 33.0. The van der Waals surface area contributed by atoms with Crippen molar-refractivity contribution in [3.05, 3.63) is 169 Å². The van der Waals surface area contributed by atoms with E-state index in [1.807, 2.05) is 0 Å². The molecule has 0 amide bonds. The van der Waals surface area contributed by atoms with Crippen molar-refractivity contribution in [2.75, 3.05) is 6.26 Å². The molecule has 0 unspecified atom stereocenters. The Morgan fingerprint density at radius 3 is 1.04 bits per heavy atom. The Balaban J connectivity index is 0.000000720. The Hall–Kier alpha value is -4.11. The average molecular weight is 675 g/mol. The molecule has 4 nitrogen and oxygen atoms in total. The SMILES string of the molecule is CC1(C)c2cccc(P(c3ccccc3)c3ccccc3)c2Oc2c(P(c3ccccc3)c3ccccc3)cccc21.CS(=O)(=O)O. The number of fused-ring (bicyclic) bond motifs is 2. The quantitative estimate of drug-likeness (QED) is 0.151. The highest BCUT2D eigenvalue weighted by Gasteiger charge is 2.39. The molecule has 1 aliphatic rings. The van der Waals surface area contributed by atoms with Crippen molar-refractivity contribution in [2.45, 2.75) is 19.3 Å². The third-order valence-corrected chi connectivity index (χ3v) is 13.0. The van der Waals surface area contributed by atoms with Gasteiger partial charge in [0.25, 0.3) is 10.1 Å². The molecule has 1 heterocycles. The lowest BCUT2D eigenvalue weighted by molar-refractivity contribution is 0.425. The van der Waals surface area contributed by atoms with Crippen LogP contribution in [0, 0.1) is 0 Å². The number of hydrogen-bond acceptors (Lipinski definition) is 3. The molecule has 0 radical (unpaired) electrons. The van der Waals surface area contributed by atoms with Crippen LogP contribution in [0.4, 0.5) is 0 Å². The van der Waals surface area contributed by atoms with Crippen molar-refractivity contribution in [2.24, 2.45) is 0 Å². The van der Waals surface area contributed by atoms with Crippen LogP contribution in [0.2, 0.25) is 0 Å². The lowest BCUT2D eigenvalue weighted by Crippen LogP contribution is -2.32. The first-order chi connectivity index (χ1) is 22.6. The minimum Gasteiger partial charge on any atom is -0.455 e. The summed E-state index contributed by atoms with van der Waals surface area (Å²) in [6.45, 7) is 4.70. The van der Waals surface area contributed by atoms with E-state index in [2.05, 4.69) is 172 Å². The van der Waals surface area contributed by atoms with E-state index in [4.69, 9.17) is 9.29 Å². The summed E-state index contributed by atoms with van der Waals surface area (Å²) >= 11 is 0. The lowest BCUT2D eigenvalue weighted by Gasteiger charge is -2.38. The third-order valence-electron chi connectivity index (χ3n) is 8.08. The second-order valence-corrected chi connectivity index (χ2v) is 17.6. The van der Waals surface area contributed by atoms with Crippen molar-refractivity contribution in [3.8, 4) is 11.5 Å². The maximum atomic E-state index is 9.19. The van der Waals surface area contributed by atoms with Gasteiger partial charge in [-0.15, -0.1) is 0 Å². The molecule has 0 fully saturated rings. The van der Waals surface area contributed by atoms with Gasteiger partial charge in [0, 0.05) is 27.2 Å². The smallest absolute Gasteiger partial charge is 0.261 e. The van der Waals surface area contributed by atoms with Crippen molar-refractivity contribution in [3.63, 3.8) is 0 Å². The summed E-state index contributed by atoms with van der Waals surface area (Å²) in [5.74, 6) is 2.02. The zero-order valence-corrected chi connectivity index (χ0v) is 29.1. The molecule has 6 aromatic rings. The van der Waals surface area contributed by atoms with Crippen LogP contribution in [0.15, 0.2) is 158 Å². The predicted molar refractivity (Wildman–Crippen MR) is 200 cm³/mol. The van der Waals surface area contributed by atoms with Crippen LogP contribution in [0.1, 0.15) is 25.0 Å². The summed E-state index contributed by atoms with van der Waals surface area (Å²) in [4.78, 5) is 0. The Labute approximate surface area is 280 Å². The van der Waals surface area contributed by atoms with E-state index in [-0.39, 0.29) is 5.41 Å². The minimum absolute atomic E-state index is 0.225. The molecular weight excluding hydrogens is 638 g/mol. The molecule has 1 N–H and O–H groups in total. The van der Waals surface area contributed by atoms with Gasteiger partial charge < -0.3 is 4.74 Å². The monoisotopic (exact) mass is 674 g/mol. The lowest BCUT2D eigenvalue weighted by atomic mass is 9.76. The number of ether oxygens (including phenoxy) is 1. The fourth-order valence-electron chi connectivity index (χ4n) is 6.01. The van der Waals surface area contributed by atoms with Gasteiger partial charge in [-0.25, -0.2) is 0 Å². The molecule has 0 saturated heterocycles. The van der Waals surface area contributed by atoms with Gasteiger partial charge in [0.1, 0.15) is 11.5 Å². The normalized spacial score (nSPS) is 13.1. The fraction of sp³-hybridized carbons (Fsp3) is 0.100. The van der Waals surface area contributed by atoms with Gasteiger partial charge in [0.2, 0.25) is 0 Å². The van der Waals surface area contributed by atoms with Gasteiger partial charge in [-0.05, 0) is 37.1 Å². The van der Waals surface area contributed by atoms with Crippen LogP contribution in [-0.2, 0) is 15.5 Å². The largest absolute Gasteiger partial charge is 0.455 e. The van der Waals surface area contributed by atoms with Crippen LogP contribution in [0.5, 0.6) is 11.5 Å². The molecule has 0 aromatic heterocycles. The summed E-state index contributed by atoms with van der Waals surface area (Å²) in [7, 11) is -5.31. The number of rotatable bonds is 6. The van der Waals surface area contributed by atoms with Gasteiger partial charge in [0.15, 0.2) is 0 Å². The third kappa shape index (κ3) is 7.25. The van der Waals surface area contributed by atoms with Crippen LogP contribution in [0.25, 0.3) is 0 Å². The van der Waals surface area contributed by atoms with Gasteiger partial charge >= 0.3 is 0 Å². The Morgan fingerprint density at radius 1 is 0.489 bits per heavy atom. The Kier molecular flexibility index (Phi) is 9.73. The van der Waals surface area contributed by atoms with Gasteiger partial charge in [-0.2, -0.15) is 8.42 Å². The molecule has 0 aliphatic carbocycles. The first kappa shape index (κ1) is 32.8. The second kappa shape index (κ2) is 13.9. The van der Waals surface area contributed by atoms with E-state index < -0.39 is 26.0 Å². The molecule has 7 rings (SSSR count). The molecule has 7 heteroatoms. The Morgan fingerprint density at radius 2 is 0.766 bits per heavy atom. The highest BCUT2D eigenvalue weighted by Crippen LogP contribution is 2.52. The predicted octanol–water partition coefficient (Wildman–Crippen LogP) is 7.14. The van der Waals surface area contributed by atoms with Crippen LogP contribution in [-0.4, -0.2) is 19.2 Å². The summed E-state index contributed by atoms with van der Waals surface area (Å²) in [5, 5.41) is 7.81. The molecule has 0 bridgehead atoms. The summed E-state index contributed by atoms with van der Waals surface area (Å²) in [6, 6.07) is 57.2. The molecule has 1 aliphatic heterocycles. The Bertz CT molecular complexity index is 1850. The van der Waals surface area contributed by atoms with Gasteiger partial charge in [0.05, 0.1) is 6.26 Å². The van der Waals surface area contributed by atoms with Crippen molar-refractivity contribution < 1.29 is 17.7 Å². The maximum absolute atomic E-state index is 9.19. The van der Waals surface area contributed by atoms with Crippen molar-refractivity contribution in [1.82, 2.24) is 0 Å². The highest BCUT2D eigenvalue weighted by molar-refractivity contribution is 7.85. The first-order valence-corrected chi connectivity index (χ1v) is 19.8. The highest BCUT2D eigenvalue weighted by atomic mass is 32.2. The van der Waals surface area contributed by atoms with E-state index in [9.17, 15) is 8.42 Å². The zero-order valence-electron chi connectivity index (χ0n) is 26.5. The average Bonchev–Trinajstić information content (AvgIpc) is 3.07. The summed E-state index contributed by atoms with van der Waals surface area (Å²) < 4.78 is 33.1. The molecule has 0 spiro atoms. The molecule has 47 heavy (non-hydrogen) atoms. The van der Waals surface area contributed by atoms with Gasteiger partial charge in [-0.1, -0.05) is 172 Å². The number of benzene rings is 6.